The van der Waals surface area contributed by atoms with Crippen LogP contribution in [0.15, 0.2) is 36.5 Å². The van der Waals surface area contributed by atoms with Crippen LogP contribution in [0.1, 0.15) is 35.5 Å². The molecule has 0 fully saturated rings. The Morgan fingerprint density at radius 2 is 2.00 bits per heavy atom. The molecule has 0 unspecified atom stereocenters. The Morgan fingerprint density at radius 3 is 2.71 bits per heavy atom. The van der Waals surface area contributed by atoms with E-state index in [-0.39, 0.29) is 11.9 Å². The lowest BCUT2D eigenvalue weighted by Crippen LogP contribution is -2.25. The standard InChI is InChI=1S/C16H20N4O/c1-11(2)19-16-17-9-8-14(20-16)15(21)18-10-13-7-5-4-6-12(13)3/h4-9,11H,10H2,1-3H3,(H,18,21)(H,17,19,20). The molecule has 5 heteroatoms. The van der Waals surface area contributed by atoms with Crippen LogP contribution >= 0.6 is 0 Å². The molecule has 0 saturated heterocycles. The average Bonchev–Trinajstić information content (AvgIpc) is 2.45. The topological polar surface area (TPSA) is 66.9 Å². The molecular formula is C16H20N4O. The van der Waals surface area contributed by atoms with Gasteiger partial charge in [-0.3, -0.25) is 4.79 Å². The molecular weight excluding hydrogens is 264 g/mol. The molecule has 1 heterocycles. The number of hydrogen-bond acceptors (Lipinski definition) is 4. The summed E-state index contributed by atoms with van der Waals surface area (Å²) >= 11 is 0. The fraction of sp³-hybridized carbons (Fsp3) is 0.312. The quantitative estimate of drug-likeness (QED) is 0.885. The van der Waals surface area contributed by atoms with Gasteiger partial charge < -0.3 is 10.6 Å². The molecule has 110 valence electrons. The zero-order chi connectivity index (χ0) is 15.2. The molecule has 0 radical (unpaired) electrons. The average molecular weight is 284 g/mol. The van der Waals surface area contributed by atoms with Gasteiger partial charge in [0.2, 0.25) is 5.95 Å². The number of amides is 1. The van der Waals surface area contributed by atoms with Crippen molar-refractivity contribution in [1.82, 2.24) is 15.3 Å². The highest BCUT2D eigenvalue weighted by molar-refractivity contribution is 5.92. The summed E-state index contributed by atoms with van der Waals surface area (Å²) in [6.07, 6.45) is 1.58. The van der Waals surface area contributed by atoms with Crippen LogP contribution in [0.4, 0.5) is 5.95 Å². The van der Waals surface area contributed by atoms with Crippen LogP contribution < -0.4 is 10.6 Å². The smallest absolute Gasteiger partial charge is 0.270 e. The van der Waals surface area contributed by atoms with E-state index in [4.69, 9.17) is 0 Å². The molecule has 1 amide bonds. The molecule has 0 bridgehead atoms. The SMILES string of the molecule is Cc1ccccc1CNC(=O)c1ccnc(NC(C)C)n1. The van der Waals surface area contributed by atoms with Crippen molar-refractivity contribution in [3.05, 3.63) is 53.3 Å². The van der Waals surface area contributed by atoms with Crippen LogP contribution in [-0.2, 0) is 6.54 Å². The number of carbonyl (C=O) groups excluding carboxylic acids is 1. The summed E-state index contributed by atoms with van der Waals surface area (Å²) in [6, 6.07) is 9.80. The Hall–Kier alpha value is -2.43. The van der Waals surface area contributed by atoms with E-state index in [1.165, 1.54) is 0 Å². The number of rotatable bonds is 5. The minimum atomic E-state index is -0.201. The zero-order valence-corrected chi connectivity index (χ0v) is 12.6. The third-order valence-corrected chi connectivity index (χ3v) is 3.01. The molecule has 0 aliphatic carbocycles. The molecule has 2 N–H and O–H groups in total. The van der Waals surface area contributed by atoms with Crippen LogP contribution in [-0.4, -0.2) is 21.9 Å². The van der Waals surface area contributed by atoms with E-state index in [1.54, 1.807) is 12.3 Å². The van der Waals surface area contributed by atoms with Crippen molar-refractivity contribution < 1.29 is 4.79 Å². The van der Waals surface area contributed by atoms with E-state index in [0.717, 1.165) is 11.1 Å². The largest absolute Gasteiger partial charge is 0.352 e. The molecule has 5 nitrogen and oxygen atoms in total. The van der Waals surface area contributed by atoms with Crippen molar-refractivity contribution in [3.8, 4) is 0 Å². The Kier molecular flexibility index (Phi) is 4.87. The van der Waals surface area contributed by atoms with E-state index in [2.05, 4.69) is 20.6 Å². The number of benzene rings is 1. The Morgan fingerprint density at radius 1 is 1.24 bits per heavy atom. The van der Waals surface area contributed by atoms with E-state index in [9.17, 15) is 4.79 Å². The van der Waals surface area contributed by atoms with Gasteiger partial charge in [0.25, 0.3) is 5.91 Å². The van der Waals surface area contributed by atoms with E-state index < -0.39 is 0 Å². The monoisotopic (exact) mass is 284 g/mol. The number of hydrogen-bond donors (Lipinski definition) is 2. The minimum absolute atomic E-state index is 0.201. The molecule has 0 aliphatic rings. The number of aryl methyl sites for hydroxylation is 1. The number of aromatic nitrogens is 2. The van der Waals surface area contributed by atoms with Gasteiger partial charge in [-0.25, -0.2) is 9.97 Å². The predicted octanol–water partition coefficient (Wildman–Crippen LogP) is 2.54. The van der Waals surface area contributed by atoms with E-state index in [1.807, 2.05) is 45.0 Å². The maximum atomic E-state index is 12.1. The second-order valence-corrected chi connectivity index (χ2v) is 5.17. The van der Waals surface area contributed by atoms with E-state index >= 15 is 0 Å². The highest BCUT2D eigenvalue weighted by atomic mass is 16.1. The molecule has 0 atom stereocenters. The lowest BCUT2D eigenvalue weighted by atomic mass is 10.1. The zero-order valence-electron chi connectivity index (χ0n) is 12.6. The molecule has 21 heavy (non-hydrogen) atoms. The van der Waals surface area contributed by atoms with Crippen LogP contribution in [0.5, 0.6) is 0 Å². The summed E-state index contributed by atoms with van der Waals surface area (Å²) in [5.74, 6) is 0.265. The fourth-order valence-electron chi connectivity index (χ4n) is 1.89. The lowest BCUT2D eigenvalue weighted by Gasteiger charge is -2.10. The van der Waals surface area contributed by atoms with Crippen LogP contribution in [0, 0.1) is 6.92 Å². The first-order valence-electron chi connectivity index (χ1n) is 6.98. The second-order valence-electron chi connectivity index (χ2n) is 5.17. The fourth-order valence-corrected chi connectivity index (χ4v) is 1.89. The maximum absolute atomic E-state index is 12.1. The van der Waals surface area contributed by atoms with Gasteiger partial charge in [0.05, 0.1) is 0 Å². The maximum Gasteiger partial charge on any atom is 0.270 e. The normalized spacial score (nSPS) is 10.5. The molecule has 0 aliphatic heterocycles. The highest BCUT2D eigenvalue weighted by Crippen LogP contribution is 2.07. The van der Waals surface area contributed by atoms with Gasteiger partial charge in [-0.1, -0.05) is 24.3 Å². The molecule has 0 spiro atoms. The summed E-state index contributed by atoms with van der Waals surface area (Å²) in [5.41, 5.74) is 2.62. The number of anilines is 1. The minimum Gasteiger partial charge on any atom is -0.352 e. The van der Waals surface area contributed by atoms with Gasteiger partial charge in [0.1, 0.15) is 5.69 Å². The van der Waals surface area contributed by atoms with Gasteiger partial charge >= 0.3 is 0 Å². The second kappa shape index (κ2) is 6.83. The highest BCUT2D eigenvalue weighted by Gasteiger charge is 2.09. The molecule has 0 saturated carbocycles. The van der Waals surface area contributed by atoms with Crippen LogP contribution in [0.3, 0.4) is 0 Å². The number of carbonyl (C=O) groups is 1. The summed E-state index contributed by atoms with van der Waals surface area (Å²) < 4.78 is 0. The van der Waals surface area contributed by atoms with Crippen molar-refractivity contribution in [1.29, 1.82) is 0 Å². The molecule has 1 aromatic heterocycles. The van der Waals surface area contributed by atoms with Crippen molar-refractivity contribution in [3.63, 3.8) is 0 Å². The van der Waals surface area contributed by atoms with Crippen molar-refractivity contribution >= 4 is 11.9 Å². The van der Waals surface area contributed by atoms with Gasteiger partial charge in [0.15, 0.2) is 0 Å². The number of nitrogens with one attached hydrogen (secondary N) is 2. The first-order valence-corrected chi connectivity index (χ1v) is 6.98. The number of nitrogens with zero attached hydrogens (tertiary/aromatic N) is 2. The first kappa shape index (κ1) is 15.0. The van der Waals surface area contributed by atoms with Crippen molar-refractivity contribution in [2.24, 2.45) is 0 Å². The predicted molar refractivity (Wildman–Crippen MR) is 83.1 cm³/mol. The van der Waals surface area contributed by atoms with Gasteiger partial charge in [-0.15, -0.1) is 0 Å². The third-order valence-electron chi connectivity index (χ3n) is 3.01. The Labute approximate surface area is 124 Å². The van der Waals surface area contributed by atoms with Gasteiger partial charge in [0, 0.05) is 18.8 Å². The molecule has 1 aromatic carbocycles. The molecule has 2 rings (SSSR count). The summed E-state index contributed by atoms with van der Waals surface area (Å²) in [6.45, 7) is 6.50. The van der Waals surface area contributed by atoms with Crippen molar-refractivity contribution in [2.75, 3.05) is 5.32 Å². The third kappa shape index (κ3) is 4.27. The molecule has 2 aromatic rings. The van der Waals surface area contributed by atoms with Crippen LogP contribution in [0.2, 0.25) is 0 Å². The lowest BCUT2D eigenvalue weighted by molar-refractivity contribution is 0.0946. The first-order chi connectivity index (χ1) is 10.1. The summed E-state index contributed by atoms with van der Waals surface area (Å²) in [5, 5.41) is 5.96. The Balaban J connectivity index is 2.02. The van der Waals surface area contributed by atoms with Gasteiger partial charge in [-0.05, 0) is 38.0 Å². The summed E-state index contributed by atoms with van der Waals surface area (Å²) in [4.78, 5) is 20.4. The van der Waals surface area contributed by atoms with Crippen LogP contribution in [0.25, 0.3) is 0 Å². The Bertz CT molecular complexity index is 625. The van der Waals surface area contributed by atoms with Gasteiger partial charge in [-0.2, -0.15) is 0 Å². The summed E-state index contributed by atoms with van der Waals surface area (Å²) in [7, 11) is 0. The van der Waals surface area contributed by atoms with E-state index in [0.29, 0.717) is 18.2 Å². The van der Waals surface area contributed by atoms with Crippen molar-refractivity contribution in [2.45, 2.75) is 33.4 Å².